The Labute approximate surface area is 121 Å². The third kappa shape index (κ3) is 3.26. The molecule has 2 nitrogen and oxygen atoms in total. The van der Waals surface area contributed by atoms with Crippen LogP contribution in [0.2, 0.25) is 0 Å². The van der Waals surface area contributed by atoms with Crippen LogP contribution in [-0.4, -0.2) is 4.98 Å². The lowest BCUT2D eigenvalue weighted by Gasteiger charge is -2.25. The van der Waals surface area contributed by atoms with E-state index in [0.29, 0.717) is 6.04 Å². The van der Waals surface area contributed by atoms with E-state index in [4.69, 9.17) is 0 Å². The highest BCUT2D eigenvalue weighted by Crippen LogP contribution is 2.35. The Kier molecular flexibility index (Phi) is 4.44. The van der Waals surface area contributed by atoms with Crippen molar-refractivity contribution in [1.29, 1.82) is 0 Å². The number of nitrogens with one attached hydrogen (secondary N) is 1. The molecule has 1 N–H and O–H groups in total. The third-order valence-corrected chi connectivity index (χ3v) is 4.26. The van der Waals surface area contributed by atoms with Crippen molar-refractivity contribution in [1.82, 2.24) is 10.3 Å². The van der Waals surface area contributed by atoms with Crippen molar-refractivity contribution in [3.63, 3.8) is 0 Å². The quantitative estimate of drug-likeness (QED) is 0.881. The molecule has 0 amide bonds. The summed E-state index contributed by atoms with van der Waals surface area (Å²) in [5, 5.41) is 3.73. The monoisotopic (exact) mass is 266 g/mol. The second kappa shape index (κ2) is 6.67. The normalized spacial score (nSPS) is 17.2. The molecule has 1 fully saturated rings. The molecule has 1 aromatic carbocycles. The van der Waals surface area contributed by atoms with Gasteiger partial charge in [-0.05, 0) is 36.5 Å². The Bertz CT molecular complexity index is 503. The summed E-state index contributed by atoms with van der Waals surface area (Å²) in [6.07, 6.45) is 7.30. The van der Waals surface area contributed by atoms with Gasteiger partial charge in [0.2, 0.25) is 0 Å². The van der Waals surface area contributed by atoms with Crippen molar-refractivity contribution < 1.29 is 0 Å². The molecule has 1 aliphatic rings. The SMILES string of the molecule is c1ccc(C(NCc2ccccn2)C2CCCC2)cc1. The molecule has 2 heteroatoms. The fraction of sp³-hybridized carbons (Fsp3) is 0.389. The summed E-state index contributed by atoms with van der Waals surface area (Å²) in [5.74, 6) is 0.765. The average molecular weight is 266 g/mol. The summed E-state index contributed by atoms with van der Waals surface area (Å²) < 4.78 is 0. The molecule has 0 spiro atoms. The number of pyridine rings is 1. The zero-order chi connectivity index (χ0) is 13.6. The Morgan fingerprint density at radius 2 is 1.75 bits per heavy atom. The summed E-state index contributed by atoms with van der Waals surface area (Å²) >= 11 is 0. The van der Waals surface area contributed by atoms with E-state index in [9.17, 15) is 0 Å². The van der Waals surface area contributed by atoms with Crippen molar-refractivity contribution in [2.45, 2.75) is 38.3 Å². The fourth-order valence-corrected chi connectivity index (χ4v) is 3.23. The molecule has 1 aliphatic carbocycles. The molecular formula is C18H22N2. The first kappa shape index (κ1) is 13.3. The van der Waals surface area contributed by atoms with E-state index in [1.807, 2.05) is 12.3 Å². The number of nitrogens with zero attached hydrogens (tertiary/aromatic N) is 1. The molecule has 0 bridgehead atoms. The van der Waals surface area contributed by atoms with Crippen LogP contribution >= 0.6 is 0 Å². The second-order valence-electron chi connectivity index (χ2n) is 5.63. The van der Waals surface area contributed by atoms with Crippen LogP contribution in [0.25, 0.3) is 0 Å². The van der Waals surface area contributed by atoms with E-state index < -0.39 is 0 Å². The van der Waals surface area contributed by atoms with Gasteiger partial charge in [0, 0.05) is 18.8 Å². The molecule has 3 rings (SSSR count). The molecule has 0 saturated heterocycles. The van der Waals surface area contributed by atoms with Gasteiger partial charge < -0.3 is 5.32 Å². The van der Waals surface area contributed by atoms with Gasteiger partial charge in [0.25, 0.3) is 0 Å². The molecule has 20 heavy (non-hydrogen) atoms. The maximum Gasteiger partial charge on any atom is 0.0541 e. The van der Waals surface area contributed by atoms with Crippen molar-refractivity contribution in [3.05, 3.63) is 66.0 Å². The van der Waals surface area contributed by atoms with E-state index in [2.05, 4.69) is 52.8 Å². The summed E-state index contributed by atoms with van der Waals surface area (Å²) in [6, 6.07) is 17.4. The van der Waals surface area contributed by atoms with Gasteiger partial charge in [0.15, 0.2) is 0 Å². The summed E-state index contributed by atoms with van der Waals surface area (Å²) in [6.45, 7) is 0.844. The molecule has 1 atom stereocenters. The average Bonchev–Trinajstić information content (AvgIpc) is 3.04. The number of benzene rings is 1. The summed E-state index contributed by atoms with van der Waals surface area (Å²) in [7, 11) is 0. The summed E-state index contributed by atoms with van der Waals surface area (Å²) in [5.41, 5.74) is 2.53. The highest BCUT2D eigenvalue weighted by atomic mass is 14.9. The smallest absolute Gasteiger partial charge is 0.0541 e. The maximum atomic E-state index is 4.41. The minimum absolute atomic E-state index is 0.459. The van der Waals surface area contributed by atoms with Crippen molar-refractivity contribution in [2.24, 2.45) is 5.92 Å². The van der Waals surface area contributed by atoms with E-state index in [1.54, 1.807) is 0 Å². The lowest BCUT2D eigenvalue weighted by atomic mass is 9.91. The minimum Gasteiger partial charge on any atom is -0.304 e. The zero-order valence-electron chi connectivity index (χ0n) is 11.8. The number of rotatable bonds is 5. The first-order valence-corrected chi connectivity index (χ1v) is 7.62. The number of hydrogen-bond acceptors (Lipinski definition) is 2. The standard InChI is InChI=1S/C18H22N2/c1-2-8-15(9-3-1)18(16-10-4-5-11-16)20-14-17-12-6-7-13-19-17/h1-3,6-9,12-13,16,18,20H,4-5,10-11,14H2. The lowest BCUT2D eigenvalue weighted by Crippen LogP contribution is -2.27. The van der Waals surface area contributed by atoms with Crippen molar-refractivity contribution in [2.75, 3.05) is 0 Å². The highest BCUT2D eigenvalue weighted by Gasteiger charge is 2.25. The minimum atomic E-state index is 0.459. The van der Waals surface area contributed by atoms with Crippen LogP contribution < -0.4 is 5.32 Å². The van der Waals surface area contributed by atoms with Gasteiger partial charge in [-0.3, -0.25) is 4.98 Å². The number of hydrogen-bond donors (Lipinski definition) is 1. The Morgan fingerprint density at radius 1 is 1.00 bits per heavy atom. The van der Waals surface area contributed by atoms with Gasteiger partial charge >= 0.3 is 0 Å². The van der Waals surface area contributed by atoms with E-state index >= 15 is 0 Å². The van der Waals surface area contributed by atoms with Crippen LogP contribution in [0, 0.1) is 5.92 Å². The van der Waals surface area contributed by atoms with Gasteiger partial charge in [0.05, 0.1) is 5.69 Å². The first-order chi connectivity index (χ1) is 9.93. The van der Waals surface area contributed by atoms with Crippen LogP contribution in [0.15, 0.2) is 54.7 Å². The lowest BCUT2D eigenvalue weighted by molar-refractivity contribution is 0.364. The van der Waals surface area contributed by atoms with Crippen molar-refractivity contribution >= 4 is 0 Å². The van der Waals surface area contributed by atoms with E-state index in [-0.39, 0.29) is 0 Å². The molecule has 104 valence electrons. The molecule has 0 radical (unpaired) electrons. The van der Waals surface area contributed by atoms with Gasteiger partial charge in [-0.25, -0.2) is 0 Å². The predicted octanol–water partition coefficient (Wildman–Crippen LogP) is 4.10. The van der Waals surface area contributed by atoms with Gasteiger partial charge in [-0.1, -0.05) is 49.2 Å². The van der Waals surface area contributed by atoms with Crippen molar-refractivity contribution in [3.8, 4) is 0 Å². The molecule has 0 aliphatic heterocycles. The Morgan fingerprint density at radius 3 is 2.45 bits per heavy atom. The van der Waals surface area contributed by atoms with Crippen LogP contribution in [-0.2, 0) is 6.54 Å². The first-order valence-electron chi connectivity index (χ1n) is 7.62. The van der Waals surface area contributed by atoms with Gasteiger partial charge in [0.1, 0.15) is 0 Å². The van der Waals surface area contributed by atoms with Gasteiger partial charge in [-0.15, -0.1) is 0 Å². The molecular weight excluding hydrogens is 244 g/mol. The topological polar surface area (TPSA) is 24.9 Å². The maximum absolute atomic E-state index is 4.41. The molecule has 1 unspecified atom stereocenters. The van der Waals surface area contributed by atoms with Gasteiger partial charge in [-0.2, -0.15) is 0 Å². The van der Waals surface area contributed by atoms with Crippen LogP contribution in [0.3, 0.4) is 0 Å². The third-order valence-electron chi connectivity index (χ3n) is 4.26. The second-order valence-corrected chi connectivity index (χ2v) is 5.63. The van der Waals surface area contributed by atoms with E-state index in [0.717, 1.165) is 18.2 Å². The van der Waals surface area contributed by atoms with Crippen LogP contribution in [0.1, 0.15) is 43.0 Å². The molecule has 1 saturated carbocycles. The Hall–Kier alpha value is -1.67. The van der Waals surface area contributed by atoms with Crippen LogP contribution in [0.5, 0.6) is 0 Å². The summed E-state index contributed by atoms with van der Waals surface area (Å²) in [4.78, 5) is 4.41. The fourth-order valence-electron chi connectivity index (χ4n) is 3.23. The highest BCUT2D eigenvalue weighted by molar-refractivity contribution is 5.20. The Balaban J connectivity index is 1.72. The molecule has 2 aromatic rings. The largest absolute Gasteiger partial charge is 0.304 e. The molecule has 1 aromatic heterocycles. The zero-order valence-corrected chi connectivity index (χ0v) is 11.8. The molecule has 1 heterocycles. The van der Waals surface area contributed by atoms with Crippen LogP contribution in [0.4, 0.5) is 0 Å². The predicted molar refractivity (Wildman–Crippen MR) is 82.2 cm³/mol. The van der Waals surface area contributed by atoms with E-state index in [1.165, 1.54) is 31.2 Å². The number of aromatic nitrogens is 1.